The van der Waals surface area contributed by atoms with Crippen LogP contribution < -0.4 is 16.0 Å². The lowest BCUT2D eigenvalue weighted by atomic mass is 10.0. The molecule has 1 saturated heterocycles. The number of amides is 1. The molecule has 2 heterocycles. The van der Waals surface area contributed by atoms with Gasteiger partial charge >= 0.3 is 0 Å². The summed E-state index contributed by atoms with van der Waals surface area (Å²) in [5.41, 5.74) is -0.0332. The van der Waals surface area contributed by atoms with E-state index in [-0.39, 0.29) is 18.0 Å². The molecule has 5 nitrogen and oxygen atoms in total. The van der Waals surface area contributed by atoms with E-state index < -0.39 is 0 Å². The van der Waals surface area contributed by atoms with E-state index >= 15 is 0 Å². The molecule has 7 heteroatoms. The molecular formula is C12H16Cl2N4O. The molecule has 1 aliphatic heterocycles. The van der Waals surface area contributed by atoms with Crippen molar-refractivity contribution in [3.8, 4) is 0 Å². The second-order valence-corrected chi connectivity index (χ2v) is 5.72. The maximum atomic E-state index is 11.8. The molecule has 1 amide bonds. The van der Waals surface area contributed by atoms with Crippen LogP contribution in [0.2, 0.25) is 10.0 Å². The van der Waals surface area contributed by atoms with Gasteiger partial charge < -0.3 is 16.0 Å². The predicted molar refractivity (Wildman–Crippen MR) is 76.8 cm³/mol. The second kappa shape index (κ2) is 6.05. The van der Waals surface area contributed by atoms with Crippen molar-refractivity contribution in [1.82, 2.24) is 15.6 Å². The van der Waals surface area contributed by atoms with Crippen LogP contribution in [0.5, 0.6) is 0 Å². The van der Waals surface area contributed by atoms with Crippen molar-refractivity contribution in [2.75, 3.05) is 25.0 Å². The number of pyridine rings is 1. The summed E-state index contributed by atoms with van der Waals surface area (Å²) in [4.78, 5) is 15.8. The Morgan fingerprint density at radius 3 is 3.00 bits per heavy atom. The average Bonchev–Trinajstić information content (AvgIpc) is 2.78. The molecule has 1 unspecified atom stereocenters. The molecule has 0 saturated carbocycles. The van der Waals surface area contributed by atoms with Crippen molar-refractivity contribution in [2.24, 2.45) is 0 Å². The molecule has 2 rings (SSSR count). The smallest absolute Gasteiger partial charge is 0.239 e. The summed E-state index contributed by atoms with van der Waals surface area (Å²) in [5.74, 6) is 0.150. The zero-order valence-corrected chi connectivity index (χ0v) is 12.1. The number of rotatable bonds is 4. The van der Waals surface area contributed by atoms with E-state index in [4.69, 9.17) is 23.2 Å². The molecule has 104 valence electrons. The number of anilines is 1. The van der Waals surface area contributed by atoms with Gasteiger partial charge in [-0.15, -0.1) is 0 Å². The lowest BCUT2D eigenvalue weighted by Crippen LogP contribution is -2.47. The fourth-order valence-corrected chi connectivity index (χ4v) is 2.37. The molecular weight excluding hydrogens is 287 g/mol. The van der Waals surface area contributed by atoms with Gasteiger partial charge in [0.15, 0.2) is 5.82 Å². The summed E-state index contributed by atoms with van der Waals surface area (Å²) in [7, 11) is 0. The van der Waals surface area contributed by atoms with Gasteiger partial charge in [0.2, 0.25) is 5.91 Å². The molecule has 19 heavy (non-hydrogen) atoms. The highest BCUT2D eigenvalue weighted by molar-refractivity contribution is 6.36. The first kappa shape index (κ1) is 14.5. The molecule has 1 aliphatic rings. The van der Waals surface area contributed by atoms with Crippen molar-refractivity contribution in [3.05, 3.63) is 22.3 Å². The van der Waals surface area contributed by atoms with Crippen LogP contribution in [-0.2, 0) is 4.79 Å². The van der Waals surface area contributed by atoms with Gasteiger partial charge in [-0.3, -0.25) is 4.79 Å². The van der Waals surface area contributed by atoms with Crippen LogP contribution in [0.25, 0.3) is 0 Å². The number of carbonyl (C=O) groups is 1. The second-order valence-electron chi connectivity index (χ2n) is 4.87. The number of halogens is 2. The van der Waals surface area contributed by atoms with Crippen LogP contribution in [0, 0.1) is 0 Å². The minimum atomic E-state index is -0.176. The van der Waals surface area contributed by atoms with Crippen LogP contribution >= 0.6 is 23.2 Å². The first-order valence-electron chi connectivity index (χ1n) is 6.05. The molecule has 0 aromatic carbocycles. The molecule has 1 atom stereocenters. The number of carbonyl (C=O) groups excluding carboxylic acids is 1. The molecule has 1 fully saturated rings. The SMILES string of the molecule is CC1(NCC(=O)Nc2ncc(Cl)cc2Cl)CCNC1. The van der Waals surface area contributed by atoms with E-state index in [1.54, 1.807) is 6.07 Å². The molecule has 0 aliphatic carbocycles. The lowest BCUT2D eigenvalue weighted by Gasteiger charge is -2.24. The van der Waals surface area contributed by atoms with Crippen LogP contribution in [0.3, 0.4) is 0 Å². The molecule has 1 aromatic rings. The van der Waals surface area contributed by atoms with E-state index in [9.17, 15) is 4.79 Å². The van der Waals surface area contributed by atoms with Crippen molar-refractivity contribution < 1.29 is 4.79 Å². The minimum absolute atomic E-state index is 0.0332. The number of hydrogen-bond donors (Lipinski definition) is 3. The molecule has 0 radical (unpaired) electrons. The topological polar surface area (TPSA) is 66.0 Å². The Balaban J connectivity index is 1.87. The first-order valence-corrected chi connectivity index (χ1v) is 6.81. The fraction of sp³-hybridized carbons (Fsp3) is 0.500. The fourth-order valence-electron chi connectivity index (χ4n) is 1.94. The number of aromatic nitrogens is 1. The number of nitrogens with one attached hydrogen (secondary N) is 3. The highest BCUT2D eigenvalue weighted by atomic mass is 35.5. The van der Waals surface area contributed by atoms with Gasteiger partial charge in [0.25, 0.3) is 0 Å². The van der Waals surface area contributed by atoms with Gasteiger partial charge in [0.05, 0.1) is 16.6 Å². The monoisotopic (exact) mass is 302 g/mol. The Kier molecular flexibility index (Phi) is 4.62. The number of nitrogens with zero attached hydrogens (tertiary/aromatic N) is 1. The molecule has 0 bridgehead atoms. The summed E-state index contributed by atoms with van der Waals surface area (Å²) in [5, 5.41) is 9.92. The molecule has 3 N–H and O–H groups in total. The van der Waals surface area contributed by atoms with Crippen LogP contribution in [-0.4, -0.2) is 36.1 Å². The quantitative estimate of drug-likeness (QED) is 0.791. The zero-order valence-electron chi connectivity index (χ0n) is 10.6. The summed E-state index contributed by atoms with van der Waals surface area (Å²) >= 11 is 11.7. The van der Waals surface area contributed by atoms with Crippen LogP contribution in [0.1, 0.15) is 13.3 Å². The molecule has 1 aromatic heterocycles. The molecule has 0 spiro atoms. The van der Waals surface area contributed by atoms with Crippen LogP contribution in [0.15, 0.2) is 12.3 Å². The summed E-state index contributed by atoms with van der Waals surface area (Å²) < 4.78 is 0. The highest BCUT2D eigenvalue weighted by Gasteiger charge is 2.28. The van der Waals surface area contributed by atoms with Gasteiger partial charge in [0, 0.05) is 18.3 Å². The van der Waals surface area contributed by atoms with Gasteiger partial charge in [-0.2, -0.15) is 0 Å². The Bertz CT molecular complexity index is 475. The maximum Gasteiger partial charge on any atom is 0.239 e. The van der Waals surface area contributed by atoms with E-state index in [0.29, 0.717) is 15.9 Å². The van der Waals surface area contributed by atoms with E-state index in [1.165, 1.54) is 6.20 Å². The van der Waals surface area contributed by atoms with Crippen molar-refractivity contribution in [3.63, 3.8) is 0 Å². The Morgan fingerprint density at radius 1 is 1.58 bits per heavy atom. The maximum absolute atomic E-state index is 11.8. The standard InChI is InChI=1S/C12H16Cl2N4O/c1-12(2-3-15-7-12)17-6-10(19)18-11-9(14)4-8(13)5-16-11/h4-5,15,17H,2-3,6-7H2,1H3,(H,16,18,19). The van der Waals surface area contributed by atoms with Gasteiger partial charge in [-0.25, -0.2) is 4.98 Å². The third-order valence-corrected chi connectivity index (χ3v) is 3.60. The largest absolute Gasteiger partial charge is 0.315 e. The average molecular weight is 303 g/mol. The summed E-state index contributed by atoms with van der Waals surface area (Å²) in [6.07, 6.45) is 2.44. The first-order chi connectivity index (χ1) is 8.98. The Morgan fingerprint density at radius 2 is 2.37 bits per heavy atom. The van der Waals surface area contributed by atoms with Crippen molar-refractivity contribution in [2.45, 2.75) is 18.9 Å². The Labute approximate surface area is 122 Å². The van der Waals surface area contributed by atoms with Crippen molar-refractivity contribution in [1.29, 1.82) is 0 Å². The number of hydrogen-bond acceptors (Lipinski definition) is 4. The van der Waals surface area contributed by atoms with Crippen molar-refractivity contribution >= 4 is 34.9 Å². The van der Waals surface area contributed by atoms with E-state index in [2.05, 4.69) is 27.9 Å². The highest BCUT2D eigenvalue weighted by Crippen LogP contribution is 2.22. The Hall–Kier alpha value is -0.880. The minimum Gasteiger partial charge on any atom is -0.315 e. The van der Waals surface area contributed by atoms with E-state index in [1.807, 2.05) is 0 Å². The summed E-state index contributed by atoms with van der Waals surface area (Å²) in [6.45, 7) is 4.14. The third-order valence-electron chi connectivity index (χ3n) is 3.11. The predicted octanol–water partition coefficient (Wildman–Crippen LogP) is 1.67. The zero-order chi connectivity index (χ0) is 13.9. The normalized spacial score (nSPS) is 22.5. The third kappa shape index (κ3) is 4.04. The van der Waals surface area contributed by atoms with E-state index in [0.717, 1.165) is 19.5 Å². The van der Waals surface area contributed by atoms with Gasteiger partial charge in [0.1, 0.15) is 0 Å². The van der Waals surface area contributed by atoms with Gasteiger partial charge in [-0.1, -0.05) is 23.2 Å². The lowest BCUT2D eigenvalue weighted by molar-refractivity contribution is -0.115. The van der Waals surface area contributed by atoms with Gasteiger partial charge in [-0.05, 0) is 26.0 Å². The van der Waals surface area contributed by atoms with Crippen LogP contribution in [0.4, 0.5) is 5.82 Å². The summed E-state index contributed by atoms with van der Waals surface area (Å²) in [6, 6.07) is 1.54.